The number of nitrogens with two attached hydrogens (primary N) is 2. The van der Waals surface area contributed by atoms with Crippen LogP contribution in [-0.4, -0.2) is 65.7 Å². The van der Waals surface area contributed by atoms with Gasteiger partial charge in [-0.1, -0.05) is 26.0 Å². The molecule has 2 aliphatic rings. The Morgan fingerprint density at radius 2 is 1.79 bits per heavy atom. The molecular formula is C28H48N4O6. The van der Waals surface area contributed by atoms with Crippen molar-refractivity contribution < 1.29 is 28.7 Å². The van der Waals surface area contributed by atoms with Crippen LogP contribution in [0.2, 0.25) is 0 Å². The number of alkyl carbamates (subject to hydrolysis) is 1. The molecule has 6 atom stereocenters. The molecule has 1 aliphatic heterocycles. The second-order valence-corrected chi connectivity index (χ2v) is 11.9. The number of hydrogen-bond acceptors (Lipinski definition) is 7. The number of rotatable bonds is 13. The Labute approximate surface area is 227 Å². The topological polar surface area (TPSA) is 154 Å². The third-order valence-electron chi connectivity index (χ3n) is 7.22. The summed E-state index contributed by atoms with van der Waals surface area (Å²) >= 11 is 0. The van der Waals surface area contributed by atoms with E-state index in [4.69, 9.17) is 20.9 Å². The lowest BCUT2D eigenvalue weighted by Crippen LogP contribution is -2.53. The summed E-state index contributed by atoms with van der Waals surface area (Å²) in [6, 6.07) is -1.98. The normalized spacial score (nSPS) is 24.8. The van der Waals surface area contributed by atoms with E-state index in [-0.39, 0.29) is 36.3 Å². The summed E-state index contributed by atoms with van der Waals surface area (Å²) in [5.41, 5.74) is 10.8. The highest BCUT2D eigenvalue weighted by Gasteiger charge is 2.42. The van der Waals surface area contributed by atoms with Gasteiger partial charge in [-0.05, 0) is 84.0 Å². The number of nitrogens with one attached hydrogen (secondary N) is 1. The van der Waals surface area contributed by atoms with Crippen LogP contribution in [0.4, 0.5) is 4.79 Å². The zero-order chi connectivity index (χ0) is 28.6. The first-order valence-corrected chi connectivity index (χ1v) is 13.9. The predicted molar refractivity (Wildman–Crippen MR) is 145 cm³/mol. The number of allylic oxidation sites excluding steroid dienone is 2. The Kier molecular flexibility index (Phi) is 11.6. The van der Waals surface area contributed by atoms with Crippen LogP contribution in [0.3, 0.4) is 0 Å². The highest BCUT2D eigenvalue weighted by atomic mass is 16.6. The van der Waals surface area contributed by atoms with Crippen LogP contribution in [-0.2, 0) is 23.9 Å². The Morgan fingerprint density at radius 3 is 2.37 bits per heavy atom. The zero-order valence-electron chi connectivity index (χ0n) is 23.9. The molecule has 0 bridgehead atoms. The molecule has 1 aliphatic carbocycles. The number of nitrogens with zero attached hydrogens (tertiary/aromatic N) is 1. The second-order valence-electron chi connectivity index (χ2n) is 11.9. The van der Waals surface area contributed by atoms with Gasteiger partial charge in [0.15, 0.2) is 0 Å². The van der Waals surface area contributed by atoms with Crippen molar-refractivity contribution >= 4 is 23.9 Å². The van der Waals surface area contributed by atoms with Gasteiger partial charge in [0.2, 0.25) is 11.8 Å². The molecule has 5 N–H and O–H groups in total. The number of ether oxygens (including phenoxy) is 2. The minimum Gasteiger partial charge on any atom is -0.466 e. The van der Waals surface area contributed by atoms with Crippen LogP contribution in [0.5, 0.6) is 0 Å². The fourth-order valence-corrected chi connectivity index (χ4v) is 5.01. The fraction of sp³-hybridized carbons (Fsp3) is 0.786. The van der Waals surface area contributed by atoms with E-state index in [1.807, 2.05) is 6.92 Å². The number of carbonyl (C=O) groups excluding carboxylic acids is 4. The minimum atomic E-state index is -0.856. The number of carbonyl (C=O) groups is 4. The average molecular weight is 537 g/mol. The molecule has 38 heavy (non-hydrogen) atoms. The van der Waals surface area contributed by atoms with Gasteiger partial charge in [0, 0.05) is 12.6 Å². The summed E-state index contributed by atoms with van der Waals surface area (Å²) in [5.74, 6) is -0.162. The lowest BCUT2D eigenvalue weighted by atomic mass is 9.85. The molecule has 216 valence electrons. The van der Waals surface area contributed by atoms with E-state index in [1.165, 1.54) is 4.90 Å². The van der Waals surface area contributed by atoms with Crippen molar-refractivity contribution in [3.05, 3.63) is 12.2 Å². The fourth-order valence-electron chi connectivity index (χ4n) is 5.01. The van der Waals surface area contributed by atoms with Crippen molar-refractivity contribution in [2.75, 3.05) is 13.2 Å². The third-order valence-corrected chi connectivity index (χ3v) is 7.22. The van der Waals surface area contributed by atoms with Crippen LogP contribution in [0.25, 0.3) is 0 Å². The lowest BCUT2D eigenvalue weighted by Gasteiger charge is -2.30. The lowest BCUT2D eigenvalue weighted by molar-refractivity contribution is -0.144. The van der Waals surface area contributed by atoms with Gasteiger partial charge in [0.1, 0.15) is 17.7 Å². The van der Waals surface area contributed by atoms with E-state index < -0.39 is 29.7 Å². The molecule has 1 heterocycles. The maximum absolute atomic E-state index is 13.5. The summed E-state index contributed by atoms with van der Waals surface area (Å²) < 4.78 is 10.5. The molecular weight excluding hydrogens is 488 g/mol. The van der Waals surface area contributed by atoms with Crippen LogP contribution in [0.15, 0.2) is 12.2 Å². The number of likely N-dealkylation sites (tertiary alicyclic amines) is 1. The smallest absolute Gasteiger partial charge is 0.408 e. The van der Waals surface area contributed by atoms with E-state index in [1.54, 1.807) is 20.8 Å². The first-order valence-electron chi connectivity index (χ1n) is 13.9. The zero-order valence-corrected chi connectivity index (χ0v) is 23.9. The molecule has 10 heteroatoms. The van der Waals surface area contributed by atoms with Gasteiger partial charge in [-0.25, -0.2) is 4.79 Å². The van der Waals surface area contributed by atoms with Gasteiger partial charge in [-0.3, -0.25) is 14.4 Å². The van der Waals surface area contributed by atoms with Crippen LogP contribution < -0.4 is 16.8 Å². The predicted octanol–water partition coefficient (Wildman–Crippen LogP) is 2.88. The molecule has 0 radical (unpaired) electrons. The first kappa shape index (κ1) is 31.6. The Morgan fingerprint density at radius 1 is 1.11 bits per heavy atom. The summed E-state index contributed by atoms with van der Waals surface area (Å²) in [6.45, 7) is 12.0. The Balaban J connectivity index is 2.01. The molecule has 0 aromatic heterocycles. The molecule has 0 aromatic rings. The SMILES string of the molecule is CCOC(=O)[C@H]1C[C@H]1/C=C\CCC(CC[C@H](NC(=O)OC(C)(C)C)C(=O)N1C[C@H](N)C[C@H]1C(N)=O)C(C)C. The van der Waals surface area contributed by atoms with Crippen LogP contribution >= 0.6 is 0 Å². The van der Waals surface area contributed by atoms with Crippen molar-refractivity contribution in [3.8, 4) is 0 Å². The number of esters is 1. The van der Waals surface area contributed by atoms with Gasteiger partial charge < -0.3 is 31.2 Å². The molecule has 1 unspecified atom stereocenters. The average Bonchev–Trinajstić information content (AvgIpc) is 3.47. The molecule has 0 aromatic carbocycles. The van der Waals surface area contributed by atoms with E-state index in [2.05, 4.69) is 31.3 Å². The maximum atomic E-state index is 13.5. The Hall–Kier alpha value is -2.62. The van der Waals surface area contributed by atoms with Gasteiger partial charge in [-0.15, -0.1) is 0 Å². The molecule has 1 saturated carbocycles. The molecule has 10 nitrogen and oxygen atoms in total. The monoisotopic (exact) mass is 536 g/mol. The Bertz CT molecular complexity index is 868. The van der Waals surface area contributed by atoms with Gasteiger partial charge >= 0.3 is 12.1 Å². The molecule has 0 spiro atoms. The van der Waals surface area contributed by atoms with Gasteiger partial charge in [0.25, 0.3) is 0 Å². The largest absolute Gasteiger partial charge is 0.466 e. The summed E-state index contributed by atoms with van der Waals surface area (Å²) in [4.78, 5) is 51.3. The quantitative estimate of drug-likeness (QED) is 0.241. The number of primary amides is 1. The summed E-state index contributed by atoms with van der Waals surface area (Å²) in [6.07, 6.45) is 7.58. The van der Waals surface area contributed by atoms with Crippen molar-refractivity contribution in [3.63, 3.8) is 0 Å². The van der Waals surface area contributed by atoms with Crippen molar-refractivity contribution in [1.82, 2.24) is 10.2 Å². The van der Waals surface area contributed by atoms with Crippen molar-refractivity contribution in [2.45, 2.75) is 104 Å². The molecule has 3 amide bonds. The molecule has 2 fully saturated rings. The number of amides is 3. The van der Waals surface area contributed by atoms with Crippen LogP contribution in [0.1, 0.15) is 80.1 Å². The minimum absolute atomic E-state index is 0.0132. The van der Waals surface area contributed by atoms with E-state index in [0.29, 0.717) is 37.7 Å². The second kappa shape index (κ2) is 14.0. The first-order chi connectivity index (χ1) is 17.7. The molecule has 2 rings (SSSR count). The van der Waals surface area contributed by atoms with Crippen molar-refractivity contribution in [1.29, 1.82) is 0 Å². The van der Waals surface area contributed by atoms with Crippen LogP contribution in [0, 0.1) is 23.7 Å². The number of hydrogen-bond donors (Lipinski definition) is 3. The molecule has 1 saturated heterocycles. The van der Waals surface area contributed by atoms with E-state index >= 15 is 0 Å². The summed E-state index contributed by atoms with van der Waals surface area (Å²) in [7, 11) is 0. The standard InChI is InChI=1S/C28H48N4O6/c1-7-37-26(35)21-14-19(21)11-9-8-10-18(17(2)3)12-13-22(31-27(36)38-28(4,5)6)25(34)32-16-20(29)15-23(32)24(30)33/h9,11,17-23H,7-8,10,12-16,29H2,1-6H3,(H2,30,33)(H,31,36)/b11-9-/t18?,19-,20-,21+,22+,23+/m1/s1. The third kappa shape index (κ3) is 9.93. The maximum Gasteiger partial charge on any atom is 0.408 e. The van der Waals surface area contributed by atoms with Gasteiger partial charge in [0.05, 0.1) is 12.5 Å². The van der Waals surface area contributed by atoms with E-state index in [9.17, 15) is 19.2 Å². The van der Waals surface area contributed by atoms with Gasteiger partial charge in [-0.2, -0.15) is 0 Å². The van der Waals surface area contributed by atoms with E-state index in [0.717, 1.165) is 19.3 Å². The highest BCUT2D eigenvalue weighted by Crippen LogP contribution is 2.40. The highest BCUT2D eigenvalue weighted by molar-refractivity contribution is 5.91. The summed E-state index contributed by atoms with van der Waals surface area (Å²) in [5, 5.41) is 2.73. The van der Waals surface area contributed by atoms with Crippen molar-refractivity contribution in [2.24, 2.45) is 35.1 Å².